The molecule has 4 nitrogen and oxygen atoms in total. The van der Waals surface area contributed by atoms with E-state index in [1.807, 2.05) is 16.4 Å². The summed E-state index contributed by atoms with van der Waals surface area (Å²) in [6.07, 6.45) is 9.25. The van der Waals surface area contributed by atoms with Gasteiger partial charge >= 0.3 is 0 Å². The Kier molecular flexibility index (Phi) is 4.86. The van der Waals surface area contributed by atoms with Gasteiger partial charge in [-0.3, -0.25) is 0 Å². The molecule has 2 atom stereocenters. The quantitative estimate of drug-likeness (QED) is 0.873. The van der Waals surface area contributed by atoms with E-state index in [0.717, 1.165) is 24.2 Å². The van der Waals surface area contributed by atoms with E-state index < -0.39 is 0 Å². The zero-order valence-corrected chi connectivity index (χ0v) is 11.5. The van der Waals surface area contributed by atoms with Crippen molar-refractivity contribution < 1.29 is 0 Å². The van der Waals surface area contributed by atoms with Crippen molar-refractivity contribution in [1.29, 1.82) is 0 Å². The summed E-state index contributed by atoms with van der Waals surface area (Å²) in [6, 6.07) is 0.640. The van der Waals surface area contributed by atoms with E-state index in [2.05, 4.69) is 28.6 Å². The number of rotatable bonds is 5. The maximum absolute atomic E-state index is 4.30. The summed E-state index contributed by atoms with van der Waals surface area (Å²) in [5, 5.41) is 8.62. The molecule has 0 amide bonds. The summed E-state index contributed by atoms with van der Waals surface area (Å²) < 4.78 is 1.96. The van der Waals surface area contributed by atoms with Crippen molar-refractivity contribution >= 4 is 11.8 Å². The average molecular weight is 254 g/mol. The lowest BCUT2D eigenvalue weighted by Gasteiger charge is -2.31. The Bertz CT molecular complexity index is 339. The smallest absolute Gasteiger partial charge is 0.140 e. The molecule has 0 aromatic carbocycles. The summed E-state index contributed by atoms with van der Waals surface area (Å²) in [4.78, 5) is 4.30. The van der Waals surface area contributed by atoms with Crippen LogP contribution in [0.3, 0.4) is 0 Å². The van der Waals surface area contributed by atoms with Crippen LogP contribution in [0.15, 0.2) is 6.33 Å². The number of hydrogen-bond donors (Lipinski definition) is 1. The number of nitrogens with one attached hydrogen (secondary N) is 1. The Labute approximate surface area is 108 Å². The van der Waals surface area contributed by atoms with Gasteiger partial charge in [-0.1, -0.05) is 12.8 Å². The molecule has 96 valence electrons. The highest BCUT2D eigenvalue weighted by molar-refractivity contribution is 7.99. The van der Waals surface area contributed by atoms with Gasteiger partial charge in [-0.2, -0.15) is 16.9 Å². The third kappa shape index (κ3) is 3.22. The van der Waals surface area contributed by atoms with Crippen molar-refractivity contribution in [3.05, 3.63) is 12.2 Å². The van der Waals surface area contributed by atoms with Crippen LogP contribution in [-0.4, -0.2) is 32.3 Å². The average Bonchev–Trinajstić information content (AvgIpc) is 2.84. The monoisotopic (exact) mass is 254 g/mol. The SMILES string of the molecule is CCn1ncnc1CNC1CCCCC1SC. The first-order chi connectivity index (χ1) is 8.35. The number of nitrogens with zero attached hydrogens (tertiary/aromatic N) is 3. The third-order valence-electron chi connectivity index (χ3n) is 3.52. The van der Waals surface area contributed by atoms with Gasteiger partial charge in [0.1, 0.15) is 12.2 Å². The maximum Gasteiger partial charge on any atom is 0.140 e. The Morgan fingerprint density at radius 2 is 2.29 bits per heavy atom. The van der Waals surface area contributed by atoms with Gasteiger partial charge in [0.05, 0.1) is 6.54 Å². The molecule has 1 N–H and O–H groups in total. The van der Waals surface area contributed by atoms with Gasteiger partial charge in [0.2, 0.25) is 0 Å². The molecular weight excluding hydrogens is 232 g/mol. The second-order valence-electron chi connectivity index (χ2n) is 4.54. The van der Waals surface area contributed by atoms with Crippen molar-refractivity contribution in [2.45, 2.75) is 57.0 Å². The van der Waals surface area contributed by atoms with Crippen molar-refractivity contribution in [1.82, 2.24) is 20.1 Å². The highest BCUT2D eigenvalue weighted by atomic mass is 32.2. The Morgan fingerprint density at radius 3 is 3.06 bits per heavy atom. The zero-order chi connectivity index (χ0) is 12.1. The highest BCUT2D eigenvalue weighted by Crippen LogP contribution is 2.27. The molecule has 0 bridgehead atoms. The summed E-state index contributed by atoms with van der Waals surface area (Å²) in [5.41, 5.74) is 0. The van der Waals surface area contributed by atoms with Crippen LogP contribution < -0.4 is 5.32 Å². The van der Waals surface area contributed by atoms with Crippen LogP contribution >= 0.6 is 11.8 Å². The molecule has 5 heteroatoms. The minimum atomic E-state index is 0.640. The minimum absolute atomic E-state index is 0.640. The van der Waals surface area contributed by atoms with Crippen LogP contribution in [0.25, 0.3) is 0 Å². The van der Waals surface area contributed by atoms with Gasteiger partial charge in [0.25, 0.3) is 0 Å². The lowest BCUT2D eigenvalue weighted by molar-refractivity contribution is 0.376. The van der Waals surface area contributed by atoms with Crippen molar-refractivity contribution in [3.8, 4) is 0 Å². The predicted molar refractivity (Wildman–Crippen MR) is 72.1 cm³/mol. The van der Waals surface area contributed by atoms with Crippen LogP contribution in [-0.2, 0) is 13.1 Å². The summed E-state index contributed by atoms with van der Waals surface area (Å²) in [5.74, 6) is 1.05. The maximum atomic E-state index is 4.30. The van der Waals surface area contributed by atoms with E-state index in [1.54, 1.807) is 6.33 Å². The lowest BCUT2D eigenvalue weighted by atomic mass is 9.95. The first-order valence-corrected chi connectivity index (χ1v) is 7.76. The van der Waals surface area contributed by atoms with Gasteiger partial charge in [-0.25, -0.2) is 9.67 Å². The molecule has 2 rings (SSSR count). The normalized spacial score (nSPS) is 25.1. The highest BCUT2D eigenvalue weighted by Gasteiger charge is 2.23. The van der Waals surface area contributed by atoms with Crippen LogP contribution in [0.2, 0.25) is 0 Å². The molecule has 0 spiro atoms. The topological polar surface area (TPSA) is 42.7 Å². The van der Waals surface area contributed by atoms with E-state index in [-0.39, 0.29) is 0 Å². The second-order valence-corrected chi connectivity index (χ2v) is 5.61. The summed E-state index contributed by atoms with van der Waals surface area (Å²) in [7, 11) is 0. The molecule has 1 heterocycles. The fraction of sp³-hybridized carbons (Fsp3) is 0.833. The third-order valence-corrected chi connectivity index (χ3v) is 4.69. The minimum Gasteiger partial charge on any atom is -0.306 e. The summed E-state index contributed by atoms with van der Waals surface area (Å²) in [6.45, 7) is 3.84. The molecule has 1 saturated carbocycles. The number of thioether (sulfide) groups is 1. The van der Waals surface area contributed by atoms with Crippen LogP contribution in [0.4, 0.5) is 0 Å². The molecule has 1 aliphatic carbocycles. The Balaban J connectivity index is 1.88. The molecule has 0 radical (unpaired) electrons. The molecule has 1 aromatic rings. The van der Waals surface area contributed by atoms with Gasteiger partial charge in [-0.05, 0) is 26.0 Å². The number of aryl methyl sites for hydroxylation is 1. The first-order valence-electron chi connectivity index (χ1n) is 6.48. The first kappa shape index (κ1) is 12.9. The molecule has 17 heavy (non-hydrogen) atoms. The van der Waals surface area contributed by atoms with Crippen LogP contribution in [0.5, 0.6) is 0 Å². The van der Waals surface area contributed by atoms with E-state index >= 15 is 0 Å². The molecular formula is C12H22N4S. The van der Waals surface area contributed by atoms with E-state index in [9.17, 15) is 0 Å². The van der Waals surface area contributed by atoms with Gasteiger partial charge < -0.3 is 5.32 Å². The second kappa shape index (κ2) is 6.40. The predicted octanol–water partition coefficient (Wildman–Crippen LogP) is 2.06. The molecule has 0 saturated heterocycles. The standard InChI is InChI=1S/C12H22N4S/c1-3-16-12(14-9-15-16)8-13-10-6-4-5-7-11(10)17-2/h9-11,13H,3-8H2,1-2H3. The fourth-order valence-corrected chi connectivity index (χ4v) is 3.49. The molecule has 0 aliphatic heterocycles. The van der Waals surface area contributed by atoms with Crippen LogP contribution in [0, 0.1) is 0 Å². The van der Waals surface area contributed by atoms with Crippen molar-refractivity contribution in [2.75, 3.05) is 6.26 Å². The van der Waals surface area contributed by atoms with Crippen molar-refractivity contribution in [2.24, 2.45) is 0 Å². The molecule has 1 fully saturated rings. The number of aromatic nitrogens is 3. The Hall–Kier alpha value is -0.550. The molecule has 2 unspecified atom stereocenters. The van der Waals surface area contributed by atoms with Crippen LogP contribution in [0.1, 0.15) is 38.4 Å². The molecule has 1 aliphatic rings. The van der Waals surface area contributed by atoms with Gasteiger partial charge in [-0.15, -0.1) is 0 Å². The number of hydrogen-bond acceptors (Lipinski definition) is 4. The largest absolute Gasteiger partial charge is 0.306 e. The van der Waals surface area contributed by atoms with E-state index in [1.165, 1.54) is 25.7 Å². The van der Waals surface area contributed by atoms with Gasteiger partial charge in [0.15, 0.2) is 0 Å². The van der Waals surface area contributed by atoms with E-state index in [4.69, 9.17) is 0 Å². The van der Waals surface area contributed by atoms with Crippen molar-refractivity contribution in [3.63, 3.8) is 0 Å². The van der Waals surface area contributed by atoms with E-state index in [0.29, 0.717) is 6.04 Å². The zero-order valence-electron chi connectivity index (χ0n) is 10.7. The van der Waals surface area contributed by atoms with Gasteiger partial charge in [0, 0.05) is 17.8 Å². The molecule has 1 aromatic heterocycles. The fourth-order valence-electron chi connectivity index (χ4n) is 2.52. The lowest BCUT2D eigenvalue weighted by Crippen LogP contribution is -2.40. The Morgan fingerprint density at radius 1 is 1.47 bits per heavy atom. The summed E-state index contributed by atoms with van der Waals surface area (Å²) >= 11 is 2.00.